The van der Waals surface area contributed by atoms with Crippen molar-refractivity contribution in [3.8, 4) is 0 Å². The van der Waals surface area contributed by atoms with Crippen LogP contribution in [-0.4, -0.2) is 47.5 Å². The summed E-state index contributed by atoms with van der Waals surface area (Å²) in [6.45, 7) is 8.16. The van der Waals surface area contributed by atoms with Crippen LogP contribution in [0.15, 0.2) is 28.7 Å². The van der Waals surface area contributed by atoms with E-state index < -0.39 is 17.2 Å². The molecule has 2 amide bonds. The predicted octanol–water partition coefficient (Wildman–Crippen LogP) is 3.37. The Hall–Kier alpha value is -1.56. The van der Waals surface area contributed by atoms with Gasteiger partial charge in [-0.3, -0.25) is 9.69 Å². The molecule has 1 aliphatic heterocycles. The highest BCUT2D eigenvalue weighted by atomic mass is 79.9. The molecule has 2 rings (SSSR count). The molecule has 1 atom stereocenters. The maximum absolute atomic E-state index is 12.9. The van der Waals surface area contributed by atoms with E-state index in [1.165, 1.54) is 4.90 Å². The van der Waals surface area contributed by atoms with E-state index >= 15 is 0 Å². The first-order valence-electron chi connectivity index (χ1n) is 7.58. The molecule has 6 heteroatoms. The molecule has 1 heterocycles. The molecule has 126 valence electrons. The van der Waals surface area contributed by atoms with Gasteiger partial charge in [0.1, 0.15) is 11.1 Å². The Balaban J connectivity index is 2.45. The molecule has 1 aliphatic rings. The molecule has 1 fully saturated rings. The number of hydrogen-bond donors (Lipinski definition) is 0. The summed E-state index contributed by atoms with van der Waals surface area (Å²) in [6, 6.07) is 7.46. The Morgan fingerprint density at radius 1 is 1.22 bits per heavy atom. The fourth-order valence-electron chi connectivity index (χ4n) is 2.71. The van der Waals surface area contributed by atoms with Crippen molar-refractivity contribution in [1.82, 2.24) is 9.80 Å². The molecular formula is C17H23BrN2O3. The molecular weight excluding hydrogens is 360 g/mol. The van der Waals surface area contributed by atoms with E-state index in [1.807, 2.05) is 45.0 Å². The average Bonchev–Trinajstić information content (AvgIpc) is 2.43. The van der Waals surface area contributed by atoms with Crippen LogP contribution >= 0.6 is 15.9 Å². The smallest absolute Gasteiger partial charge is 0.411 e. The second-order valence-corrected chi connectivity index (χ2v) is 7.85. The Kier molecular flexibility index (Phi) is 4.76. The zero-order chi connectivity index (χ0) is 17.4. The molecule has 1 aromatic carbocycles. The maximum atomic E-state index is 12.9. The normalized spacial score (nSPS) is 22.3. The highest BCUT2D eigenvalue weighted by Gasteiger charge is 2.49. The van der Waals surface area contributed by atoms with Crippen LogP contribution in [0.1, 0.15) is 33.3 Å². The third kappa shape index (κ3) is 3.52. The molecule has 0 aromatic heterocycles. The van der Waals surface area contributed by atoms with Gasteiger partial charge < -0.3 is 9.64 Å². The number of piperazine rings is 1. The standard InChI is InChI=1S/C17H23BrN2O3/c1-16(2,3)23-15(22)20-11-10-19(5)14(21)17(20,4)12-6-8-13(18)9-7-12/h6-9H,10-11H2,1-5H3. The molecule has 0 spiro atoms. The second kappa shape index (κ2) is 6.15. The Bertz CT molecular complexity index is 609. The van der Waals surface area contributed by atoms with Gasteiger partial charge in [0.15, 0.2) is 0 Å². The van der Waals surface area contributed by atoms with E-state index in [0.717, 1.165) is 10.0 Å². The Labute approximate surface area is 145 Å². The highest BCUT2D eigenvalue weighted by Crippen LogP contribution is 2.35. The fourth-order valence-corrected chi connectivity index (χ4v) is 2.97. The van der Waals surface area contributed by atoms with E-state index in [1.54, 1.807) is 18.9 Å². The zero-order valence-corrected chi connectivity index (χ0v) is 15.8. The van der Waals surface area contributed by atoms with Crippen LogP contribution < -0.4 is 0 Å². The van der Waals surface area contributed by atoms with Crippen LogP contribution in [0, 0.1) is 0 Å². The van der Waals surface area contributed by atoms with Gasteiger partial charge in [0.05, 0.1) is 0 Å². The van der Waals surface area contributed by atoms with Crippen LogP contribution in [0.4, 0.5) is 4.79 Å². The molecule has 0 radical (unpaired) electrons. The van der Waals surface area contributed by atoms with Crippen molar-refractivity contribution in [1.29, 1.82) is 0 Å². The van der Waals surface area contributed by atoms with Crippen LogP contribution in [0.5, 0.6) is 0 Å². The number of likely N-dealkylation sites (N-methyl/N-ethyl adjacent to an activating group) is 1. The third-order valence-electron chi connectivity index (χ3n) is 3.98. The SMILES string of the molecule is CN1CCN(C(=O)OC(C)(C)C)C(C)(c2ccc(Br)cc2)C1=O. The van der Waals surface area contributed by atoms with Gasteiger partial charge in [0, 0.05) is 24.6 Å². The molecule has 0 bridgehead atoms. The molecule has 1 saturated heterocycles. The number of ether oxygens (including phenoxy) is 1. The summed E-state index contributed by atoms with van der Waals surface area (Å²) in [5, 5.41) is 0. The van der Waals surface area contributed by atoms with Gasteiger partial charge in [-0.25, -0.2) is 4.79 Å². The van der Waals surface area contributed by atoms with Crippen molar-refractivity contribution in [2.75, 3.05) is 20.1 Å². The van der Waals surface area contributed by atoms with Crippen LogP contribution in [-0.2, 0) is 15.1 Å². The third-order valence-corrected chi connectivity index (χ3v) is 4.51. The summed E-state index contributed by atoms with van der Waals surface area (Å²) in [6.07, 6.45) is -0.468. The zero-order valence-electron chi connectivity index (χ0n) is 14.2. The van der Waals surface area contributed by atoms with E-state index in [-0.39, 0.29) is 5.91 Å². The van der Waals surface area contributed by atoms with Crippen LogP contribution in [0.3, 0.4) is 0 Å². The highest BCUT2D eigenvalue weighted by molar-refractivity contribution is 9.10. The summed E-state index contributed by atoms with van der Waals surface area (Å²) in [7, 11) is 1.76. The monoisotopic (exact) mass is 382 g/mol. The number of rotatable bonds is 1. The average molecular weight is 383 g/mol. The first kappa shape index (κ1) is 17.8. The van der Waals surface area contributed by atoms with Crippen molar-refractivity contribution in [3.05, 3.63) is 34.3 Å². The van der Waals surface area contributed by atoms with Gasteiger partial charge in [-0.05, 0) is 45.4 Å². The molecule has 1 unspecified atom stereocenters. The number of carbonyl (C=O) groups is 2. The summed E-state index contributed by atoms with van der Waals surface area (Å²) < 4.78 is 6.43. The van der Waals surface area contributed by atoms with Crippen molar-refractivity contribution in [2.45, 2.75) is 38.8 Å². The Morgan fingerprint density at radius 3 is 2.30 bits per heavy atom. The molecule has 0 N–H and O–H groups in total. The molecule has 0 saturated carbocycles. The van der Waals surface area contributed by atoms with E-state index in [0.29, 0.717) is 13.1 Å². The van der Waals surface area contributed by atoms with Crippen molar-refractivity contribution in [3.63, 3.8) is 0 Å². The van der Waals surface area contributed by atoms with Crippen molar-refractivity contribution < 1.29 is 14.3 Å². The van der Waals surface area contributed by atoms with E-state index in [4.69, 9.17) is 4.74 Å². The minimum Gasteiger partial charge on any atom is -0.444 e. The predicted molar refractivity (Wildman–Crippen MR) is 92.1 cm³/mol. The lowest BCUT2D eigenvalue weighted by molar-refractivity contribution is -0.148. The number of benzene rings is 1. The molecule has 23 heavy (non-hydrogen) atoms. The molecule has 0 aliphatic carbocycles. The summed E-state index contributed by atoms with van der Waals surface area (Å²) >= 11 is 3.40. The van der Waals surface area contributed by atoms with Crippen LogP contribution in [0.25, 0.3) is 0 Å². The number of nitrogens with zero attached hydrogens (tertiary/aromatic N) is 2. The minimum absolute atomic E-state index is 0.114. The number of amides is 2. The van der Waals surface area contributed by atoms with E-state index in [9.17, 15) is 9.59 Å². The topological polar surface area (TPSA) is 49.9 Å². The van der Waals surface area contributed by atoms with Crippen LogP contribution in [0.2, 0.25) is 0 Å². The second-order valence-electron chi connectivity index (χ2n) is 6.94. The van der Waals surface area contributed by atoms with Gasteiger partial charge in [-0.2, -0.15) is 0 Å². The van der Waals surface area contributed by atoms with Gasteiger partial charge in [0.25, 0.3) is 5.91 Å². The van der Waals surface area contributed by atoms with Crippen molar-refractivity contribution in [2.24, 2.45) is 0 Å². The summed E-state index contributed by atoms with van der Waals surface area (Å²) in [4.78, 5) is 28.7. The fraction of sp³-hybridized carbons (Fsp3) is 0.529. The summed E-state index contributed by atoms with van der Waals surface area (Å²) in [5.41, 5.74) is -0.914. The molecule has 5 nitrogen and oxygen atoms in total. The lowest BCUT2D eigenvalue weighted by Crippen LogP contribution is -2.63. The number of halogens is 1. The number of carbonyl (C=O) groups excluding carboxylic acids is 2. The lowest BCUT2D eigenvalue weighted by atomic mass is 9.87. The van der Waals surface area contributed by atoms with Gasteiger partial charge in [0.2, 0.25) is 0 Å². The maximum Gasteiger partial charge on any atom is 0.411 e. The van der Waals surface area contributed by atoms with Gasteiger partial charge in [-0.15, -0.1) is 0 Å². The van der Waals surface area contributed by atoms with Gasteiger partial charge in [-0.1, -0.05) is 28.1 Å². The first-order chi connectivity index (χ1) is 10.6. The largest absolute Gasteiger partial charge is 0.444 e. The van der Waals surface area contributed by atoms with Crippen molar-refractivity contribution >= 4 is 27.9 Å². The quantitative estimate of drug-likeness (QED) is 0.747. The summed E-state index contributed by atoms with van der Waals surface area (Å²) in [5.74, 6) is -0.114. The first-order valence-corrected chi connectivity index (χ1v) is 8.37. The number of hydrogen-bond acceptors (Lipinski definition) is 3. The Morgan fingerprint density at radius 2 is 1.78 bits per heavy atom. The van der Waals surface area contributed by atoms with E-state index in [2.05, 4.69) is 15.9 Å². The van der Waals surface area contributed by atoms with Gasteiger partial charge >= 0.3 is 6.09 Å². The molecule has 1 aromatic rings. The lowest BCUT2D eigenvalue weighted by Gasteiger charge is -2.46. The minimum atomic E-state index is -1.07.